The number of nitrogens with one attached hydrogen (secondary N) is 1. The van der Waals surface area contributed by atoms with E-state index in [0.29, 0.717) is 5.52 Å². The lowest BCUT2D eigenvalue weighted by molar-refractivity contribution is 0.138. The molecule has 2 atom stereocenters. The number of likely N-dealkylation sites (tertiary alicyclic amines) is 1. The van der Waals surface area contributed by atoms with E-state index in [1.165, 1.54) is 19.5 Å². The van der Waals surface area contributed by atoms with Crippen LogP contribution < -0.4 is 5.56 Å². The first kappa shape index (κ1) is 16.3. The SMILES string of the molecule is C[C@@H]1C[C@H](C)CN(CCCn2cnc3c([nH]c4ccccc43)c2=O)C1. The van der Waals surface area contributed by atoms with Crippen LogP contribution in [0.25, 0.3) is 21.9 Å². The predicted octanol–water partition coefficient (Wildman–Crippen LogP) is 3.25. The number of aromatic amines is 1. The van der Waals surface area contributed by atoms with Gasteiger partial charge in [-0.25, -0.2) is 4.98 Å². The first-order valence-electron chi connectivity index (χ1n) is 9.30. The van der Waals surface area contributed by atoms with E-state index >= 15 is 0 Å². The van der Waals surface area contributed by atoms with Crippen molar-refractivity contribution in [2.45, 2.75) is 33.2 Å². The number of aryl methyl sites for hydroxylation is 1. The molecule has 0 unspecified atom stereocenters. The number of rotatable bonds is 4. The second-order valence-electron chi connectivity index (χ2n) is 7.70. The maximum absolute atomic E-state index is 12.8. The van der Waals surface area contributed by atoms with Crippen LogP contribution in [-0.2, 0) is 6.54 Å². The van der Waals surface area contributed by atoms with E-state index in [9.17, 15) is 4.79 Å². The van der Waals surface area contributed by atoms with Gasteiger partial charge in [-0.05, 0) is 37.3 Å². The van der Waals surface area contributed by atoms with E-state index in [1.54, 1.807) is 10.9 Å². The van der Waals surface area contributed by atoms with E-state index in [1.807, 2.05) is 24.3 Å². The van der Waals surface area contributed by atoms with E-state index in [0.717, 1.165) is 47.8 Å². The molecule has 0 spiro atoms. The first-order valence-corrected chi connectivity index (χ1v) is 9.30. The van der Waals surface area contributed by atoms with Gasteiger partial charge in [-0.3, -0.25) is 9.36 Å². The Hall–Kier alpha value is -2.14. The predicted molar refractivity (Wildman–Crippen MR) is 102 cm³/mol. The van der Waals surface area contributed by atoms with Crippen LogP contribution in [0.1, 0.15) is 26.7 Å². The summed E-state index contributed by atoms with van der Waals surface area (Å²) in [5.74, 6) is 1.55. The Bertz CT molecular complexity index is 932. The summed E-state index contributed by atoms with van der Waals surface area (Å²) < 4.78 is 1.74. The molecular formula is C20H26N4O. The number of piperidine rings is 1. The Labute approximate surface area is 147 Å². The van der Waals surface area contributed by atoms with Gasteiger partial charge in [0.15, 0.2) is 0 Å². The highest BCUT2D eigenvalue weighted by molar-refractivity contribution is 6.04. The zero-order chi connectivity index (χ0) is 17.4. The third-order valence-electron chi connectivity index (χ3n) is 5.30. The third-order valence-corrected chi connectivity index (χ3v) is 5.30. The van der Waals surface area contributed by atoms with Crippen molar-refractivity contribution in [2.75, 3.05) is 19.6 Å². The van der Waals surface area contributed by atoms with Crippen LogP contribution in [0.4, 0.5) is 0 Å². The van der Waals surface area contributed by atoms with Gasteiger partial charge in [0.2, 0.25) is 0 Å². The topological polar surface area (TPSA) is 53.9 Å². The monoisotopic (exact) mass is 338 g/mol. The van der Waals surface area contributed by atoms with Gasteiger partial charge in [0.1, 0.15) is 11.0 Å². The molecule has 0 saturated carbocycles. The molecule has 4 rings (SSSR count). The van der Waals surface area contributed by atoms with Crippen LogP contribution in [0.3, 0.4) is 0 Å². The molecular weight excluding hydrogens is 312 g/mol. The summed E-state index contributed by atoms with van der Waals surface area (Å²) in [7, 11) is 0. The van der Waals surface area contributed by atoms with Crippen LogP contribution in [0.5, 0.6) is 0 Å². The molecule has 3 heterocycles. The summed E-state index contributed by atoms with van der Waals surface area (Å²) in [6, 6.07) is 7.93. The lowest BCUT2D eigenvalue weighted by Crippen LogP contribution is -2.39. The number of hydrogen-bond acceptors (Lipinski definition) is 3. The Morgan fingerprint density at radius 2 is 1.92 bits per heavy atom. The van der Waals surface area contributed by atoms with Crippen molar-refractivity contribution >= 4 is 21.9 Å². The minimum Gasteiger partial charge on any atom is -0.349 e. The molecule has 3 aromatic rings. The largest absolute Gasteiger partial charge is 0.349 e. The highest BCUT2D eigenvalue weighted by atomic mass is 16.1. The molecule has 25 heavy (non-hydrogen) atoms. The van der Waals surface area contributed by atoms with Gasteiger partial charge in [-0.15, -0.1) is 0 Å². The summed E-state index contributed by atoms with van der Waals surface area (Å²) in [5.41, 5.74) is 2.39. The normalized spacial score (nSPS) is 22.0. The lowest BCUT2D eigenvalue weighted by atomic mass is 9.92. The number of H-pyrrole nitrogens is 1. The fourth-order valence-electron chi connectivity index (χ4n) is 4.34. The summed E-state index contributed by atoms with van der Waals surface area (Å²) in [5, 5.41) is 1.01. The van der Waals surface area contributed by atoms with Crippen molar-refractivity contribution in [3.63, 3.8) is 0 Å². The molecule has 1 aromatic carbocycles. The van der Waals surface area contributed by atoms with Crippen LogP contribution in [0, 0.1) is 11.8 Å². The van der Waals surface area contributed by atoms with Crippen molar-refractivity contribution in [3.8, 4) is 0 Å². The van der Waals surface area contributed by atoms with E-state index in [-0.39, 0.29) is 5.56 Å². The van der Waals surface area contributed by atoms with E-state index in [2.05, 4.69) is 28.7 Å². The molecule has 0 radical (unpaired) electrons. The van der Waals surface area contributed by atoms with Crippen LogP contribution >= 0.6 is 0 Å². The molecule has 1 saturated heterocycles. The van der Waals surface area contributed by atoms with Gasteiger partial charge in [0.05, 0.1) is 6.33 Å². The molecule has 0 bridgehead atoms. The van der Waals surface area contributed by atoms with Crippen molar-refractivity contribution in [1.82, 2.24) is 19.4 Å². The second-order valence-corrected chi connectivity index (χ2v) is 7.70. The van der Waals surface area contributed by atoms with Crippen molar-refractivity contribution < 1.29 is 0 Å². The van der Waals surface area contributed by atoms with Gasteiger partial charge < -0.3 is 9.88 Å². The third kappa shape index (κ3) is 3.21. The highest BCUT2D eigenvalue weighted by Crippen LogP contribution is 2.22. The standard InChI is InChI=1S/C20H26N4O/c1-14-10-15(2)12-23(11-14)8-5-9-24-13-21-18-16-6-3-4-7-17(16)22-19(18)20(24)25/h3-4,6-7,13-15,22H,5,8-12H2,1-2H3/t14-,15+. The minimum atomic E-state index is 0.0292. The van der Waals surface area contributed by atoms with Crippen molar-refractivity contribution in [2.24, 2.45) is 11.8 Å². The summed E-state index contributed by atoms with van der Waals surface area (Å²) in [4.78, 5) is 23.1. The average molecular weight is 338 g/mol. The fourth-order valence-corrected chi connectivity index (χ4v) is 4.34. The molecule has 5 nitrogen and oxygen atoms in total. The van der Waals surface area contributed by atoms with Crippen LogP contribution in [0.2, 0.25) is 0 Å². The van der Waals surface area contributed by atoms with Crippen LogP contribution in [0.15, 0.2) is 35.4 Å². The smallest absolute Gasteiger partial charge is 0.277 e. The number of para-hydroxylation sites is 1. The molecule has 1 aliphatic heterocycles. The molecule has 2 aromatic heterocycles. The summed E-state index contributed by atoms with van der Waals surface area (Å²) in [6.45, 7) is 8.79. The Morgan fingerprint density at radius 1 is 1.16 bits per heavy atom. The lowest BCUT2D eigenvalue weighted by Gasteiger charge is -2.34. The molecule has 1 fully saturated rings. The number of nitrogens with zero attached hydrogens (tertiary/aromatic N) is 3. The minimum absolute atomic E-state index is 0.0292. The first-order chi connectivity index (χ1) is 12.1. The van der Waals surface area contributed by atoms with E-state index < -0.39 is 0 Å². The quantitative estimate of drug-likeness (QED) is 0.794. The van der Waals surface area contributed by atoms with Crippen molar-refractivity contribution in [1.29, 1.82) is 0 Å². The zero-order valence-electron chi connectivity index (χ0n) is 15.0. The average Bonchev–Trinajstić information content (AvgIpc) is 2.96. The van der Waals surface area contributed by atoms with Crippen molar-refractivity contribution in [3.05, 3.63) is 40.9 Å². The number of aromatic nitrogens is 3. The number of hydrogen-bond donors (Lipinski definition) is 1. The molecule has 132 valence electrons. The van der Waals surface area contributed by atoms with Gasteiger partial charge in [-0.1, -0.05) is 32.0 Å². The van der Waals surface area contributed by atoms with Gasteiger partial charge in [0.25, 0.3) is 5.56 Å². The van der Waals surface area contributed by atoms with Gasteiger partial charge >= 0.3 is 0 Å². The van der Waals surface area contributed by atoms with Gasteiger partial charge in [-0.2, -0.15) is 0 Å². The number of fused-ring (bicyclic) bond motifs is 3. The Kier molecular flexibility index (Phi) is 4.34. The Balaban J connectivity index is 1.49. The maximum Gasteiger partial charge on any atom is 0.277 e. The second kappa shape index (κ2) is 6.64. The summed E-state index contributed by atoms with van der Waals surface area (Å²) in [6.07, 6.45) is 4.01. The number of benzene rings is 1. The molecule has 1 N–H and O–H groups in total. The summed E-state index contributed by atoms with van der Waals surface area (Å²) >= 11 is 0. The molecule has 0 amide bonds. The van der Waals surface area contributed by atoms with Gasteiger partial charge in [0, 0.05) is 30.5 Å². The molecule has 0 aliphatic carbocycles. The highest BCUT2D eigenvalue weighted by Gasteiger charge is 2.21. The fraction of sp³-hybridized carbons (Fsp3) is 0.500. The Morgan fingerprint density at radius 3 is 2.72 bits per heavy atom. The zero-order valence-corrected chi connectivity index (χ0v) is 15.0. The molecule has 5 heteroatoms. The van der Waals surface area contributed by atoms with Crippen LogP contribution in [-0.4, -0.2) is 39.1 Å². The molecule has 1 aliphatic rings. The van der Waals surface area contributed by atoms with E-state index in [4.69, 9.17) is 0 Å². The maximum atomic E-state index is 12.8.